The van der Waals surface area contributed by atoms with Gasteiger partial charge in [0.2, 0.25) is 0 Å². The maximum Gasteiger partial charge on any atom is 0.160 e. The van der Waals surface area contributed by atoms with Crippen molar-refractivity contribution in [3.8, 4) is 45.0 Å². The molecule has 0 saturated heterocycles. The smallest absolute Gasteiger partial charge is 0.160 e. The van der Waals surface area contributed by atoms with Crippen molar-refractivity contribution in [3.05, 3.63) is 120 Å². The SMILES string of the molecule is Clc1cccc(-c2nc(-c3ccccc3)c(-c3ccccc3)c(-c3ccccc3)n2)c1. The van der Waals surface area contributed by atoms with Crippen molar-refractivity contribution < 1.29 is 0 Å². The molecule has 2 nitrogen and oxygen atoms in total. The van der Waals surface area contributed by atoms with Crippen LogP contribution >= 0.6 is 11.6 Å². The lowest BCUT2D eigenvalue weighted by Gasteiger charge is -2.17. The monoisotopic (exact) mass is 418 g/mol. The summed E-state index contributed by atoms with van der Waals surface area (Å²) in [5.41, 5.74) is 6.88. The largest absolute Gasteiger partial charge is 0.227 e. The Morgan fingerprint density at radius 3 is 1.39 bits per heavy atom. The number of rotatable bonds is 4. The third-order valence-electron chi connectivity index (χ3n) is 5.15. The minimum atomic E-state index is 0.653. The molecule has 5 aromatic rings. The van der Waals surface area contributed by atoms with Crippen LogP contribution in [0.4, 0.5) is 0 Å². The molecule has 0 spiro atoms. The van der Waals surface area contributed by atoms with Gasteiger partial charge in [0.15, 0.2) is 5.82 Å². The molecule has 1 heterocycles. The van der Waals surface area contributed by atoms with E-state index in [0.717, 1.165) is 39.2 Å². The lowest BCUT2D eigenvalue weighted by molar-refractivity contribution is 1.18. The molecular weight excluding hydrogens is 400 g/mol. The summed E-state index contributed by atoms with van der Waals surface area (Å²) in [7, 11) is 0. The van der Waals surface area contributed by atoms with Crippen LogP contribution in [0.2, 0.25) is 5.02 Å². The standard InChI is InChI=1S/C28H19ClN2/c29-24-18-10-17-23(19-24)28-30-26(21-13-6-2-7-14-21)25(20-11-4-1-5-12-20)27(31-28)22-15-8-3-9-16-22/h1-19H. The molecule has 0 aliphatic carbocycles. The molecule has 5 rings (SSSR count). The second kappa shape index (κ2) is 8.55. The zero-order chi connectivity index (χ0) is 21.0. The second-order valence-corrected chi connectivity index (χ2v) is 7.66. The Balaban J connectivity index is 1.88. The first-order valence-electron chi connectivity index (χ1n) is 10.1. The molecule has 0 saturated carbocycles. The maximum atomic E-state index is 6.28. The summed E-state index contributed by atoms with van der Waals surface area (Å²) in [4.78, 5) is 10.1. The lowest BCUT2D eigenvalue weighted by atomic mass is 9.94. The van der Waals surface area contributed by atoms with Crippen molar-refractivity contribution in [3.63, 3.8) is 0 Å². The van der Waals surface area contributed by atoms with E-state index in [-0.39, 0.29) is 0 Å². The van der Waals surface area contributed by atoms with E-state index < -0.39 is 0 Å². The zero-order valence-corrected chi connectivity index (χ0v) is 17.5. The Labute approximate surface area is 186 Å². The lowest BCUT2D eigenvalue weighted by Crippen LogP contribution is -2.00. The highest BCUT2D eigenvalue weighted by atomic mass is 35.5. The Morgan fingerprint density at radius 2 is 0.903 bits per heavy atom. The van der Waals surface area contributed by atoms with E-state index in [4.69, 9.17) is 21.6 Å². The van der Waals surface area contributed by atoms with Gasteiger partial charge in [0.1, 0.15) is 0 Å². The van der Waals surface area contributed by atoms with Crippen LogP contribution in [0.3, 0.4) is 0 Å². The predicted octanol–water partition coefficient (Wildman–Crippen LogP) is 7.80. The van der Waals surface area contributed by atoms with Gasteiger partial charge in [0.25, 0.3) is 0 Å². The van der Waals surface area contributed by atoms with Gasteiger partial charge in [0.05, 0.1) is 11.4 Å². The summed E-state index contributed by atoms with van der Waals surface area (Å²) in [6.45, 7) is 0. The van der Waals surface area contributed by atoms with Gasteiger partial charge in [-0.05, 0) is 17.7 Å². The average molecular weight is 419 g/mol. The number of halogens is 1. The van der Waals surface area contributed by atoms with Crippen LogP contribution in [0, 0.1) is 0 Å². The predicted molar refractivity (Wildman–Crippen MR) is 129 cm³/mol. The highest BCUT2D eigenvalue weighted by molar-refractivity contribution is 6.30. The summed E-state index contributed by atoms with van der Waals surface area (Å²) in [6, 6.07) is 38.5. The highest BCUT2D eigenvalue weighted by Crippen LogP contribution is 2.39. The van der Waals surface area contributed by atoms with Crippen molar-refractivity contribution in [1.82, 2.24) is 9.97 Å². The Kier molecular flexibility index (Phi) is 5.30. The summed E-state index contributed by atoms with van der Waals surface area (Å²) in [6.07, 6.45) is 0. The van der Waals surface area contributed by atoms with E-state index in [0.29, 0.717) is 10.8 Å². The fourth-order valence-corrected chi connectivity index (χ4v) is 3.90. The van der Waals surface area contributed by atoms with E-state index in [2.05, 4.69) is 36.4 Å². The third kappa shape index (κ3) is 3.98. The molecule has 3 heteroatoms. The normalized spacial score (nSPS) is 10.7. The number of aromatic nitrogens is 2. The molecule has 31 heavy (non-hydrogen) atoms. The minimum Gasteiger partial charge on any atom is -0.227 e. The molecule has 0 amide bonds. The zero-order valence-electron chi connectivity index (χ0n) is 16.7. The molecule has 1 aromatic heterocycles. The molecule has 0 radical (unpaired) electrons. The molecule has 148 valence electrons. The first kappa shape index (κ1) is 19.2. The van der Waals surface area contributed by atoms with E-state index in [9.17, 15) is 0 Å². The molecule has 0 unspecified atom stereocenters. The van der Waals surface area contributed by atoms with E-state index >= 15 is 0 Å². The van der Waals surface area contributed by atoms with Gasteiger partial charge in [-0.3, -0.25) is 0 Å². The van der Waals surface area contributed by atoms with Crippen molar-refractivity contribution in [2.75, 3.05) is 0 Å². The molecule has 0 bridgehead atoms. The topological polar surface area (TPSA) is 25.8 Å². The third-order valence-corrected chi connectivity index (χ3v) is 5.38. The molecule has 0 N–H and O–H groups in total. The first-order chi connectivity index (χ1) is 15.3. The summed E-state index contributed by atoms with van der Waals surface area (Å²) in [5, 5.41) is 0.663. The van der Waals surface area contributed by atoms with Gasteiger partial charge in [-0.2, -0.15) is 0 Å². The number of nitrogens with zero attached hydrogens (tertiary/aromatic N) is 2. The van der Waals surface area contributed by atoms with Gasteiger partial charge in [0, 0.05) is 27.3 Å². The van der Waals surface area contributed by atoms with Crippen molar-refractivity contribution >= 4 is 11.6 Å². The van der Waals surface area contributed by atoms with Gasteiger partial charge >= 0.3 is 0 Å². The van der Waals surface area contributed by atoms with Gasteiger partial charge < -0.3 is 0 Å². The average Bonchev–Trinajstić information content (AvgIpc) is 2.85. The van der Waals surface area contributed by atoms with Gasteiger partial charge in [-0.1, -0.05) is 115 Å². The summed E-state index contributed by atoms with van der Waals surface area (Å²) < 4.78 is 0. The highest BCUT2D eigenvalue weighted by Gasteiger charge is 2.19. The first-order valence-corrected chi connectivity index (χ1v) is 10.5. The molecule has 0 atom stereocenters. The Morgan fingerprint density at radius 1 is 0.452 bits per heavy atom. The fraction of sp³-hybridized carbons (Fsp3) is 0. The number of hydrogen-bond donors (Lipinski definition) is 0. The van der Waals surface area contributed by atoms with Crippen LogP contribution < -0.4 is 0 Å². The quantitative estimate of drug-likeness (QED) is 0.297. The van der Waals surface area contributed by atoms with Crippen molar-refractivity contribution in [2.24, 2.45) is 0 Å². The second-order valence-electron chi connectivity index (χ2n) is 7.23. The molecule has 0 aliphatic rings. The van der Waals surface area contributed by atoms with E-state index in [1.54, 1.807) is 0 Å². The van der Waals surface area contributed by atoms with Crippen LogP contribution in [-0.4, -0.2) is 9.97 Å². The molecule has 0 aliphatic heterocycles. The van der Waals surface area contributed by atoms with Gasteiger partial charge in [-0.15, -0.1) is 0 Å². The summed E-state index contributed by atoms with van der Waals surface area (Å²) >= 11 is 6.28. The van der Waals surface area contributed by atoms with E-state index in [1.165, 1.54) is 0 Å². The summed E-state index contributed by atoms with van der Waals surface area (Å²) in [5.74, 6) is 0.653. The van der Waals surface area contributed by atoms with Crippen LogP contribution in [0.25, 0.3) is 45.0 Å². The Bertz CT molecular complexity index is 1260. The van der Waals surface area contributed by atoms with Crippen molar-refractivity contribution in [2.45, 2.75) is 0 Å². The maximum absolute atomic E-state index is 6.28. The number of hydrogen-bond acceptors (Lipinski definition) is 2. The van der Waals surface area contributed by atoms with Crippen LogP contribution in [0.15, 0.2) is 115 Å². The van der Waals surface area contributed by atoms with Crippen LogP contribution in [-0.2, 0) is 0 Å². The molecular formula is C28H19ClN2. The van der Waals surface area contributed by atoms with E-state index in [1.807, 2.05) is 78.9 Å². The molecule has 4 aromatic carbocycles. The minimum absolute atomic E-state index is 0.653. The number of benzene rings is 4. The van der Waals surface area contributed by atoms with Crippen LogP contribution in [0.5, 0.6) is 0 Å². The van der Waals surface area contributed by atoms with Crippen molar-refractivity contribution in [1.29, 1.82) is 0 Å². The fourth-order valence-electron chi connectivity index (χ4n) is 3.71. The van der Waals surface area contributed by atoms with Crippen LogP contribution in [0.1, 0.15) is 0 Å². The Hall–Kier alpha value is -3.75. The van der Waals surface area contributed by atoms with Gasteiger partial charge in [-0.25, -0.2) is 9.97 Å². The molecule has 0 fully saturated rings.